The summed E-state index contributed by atoms with van der Waals surface area (Å²) in [5, 5.41) is 44.7. The zero-order chi connectivity index (χ0) is 23.0. The van der Waals surface area contributed by atoms with E-state index < -0.39 is 70.1 Å². The number of ketones is 2. The molecule has 0 saturated heterocycles. The van der Waals surface area contributed by atoms with Gasteiger partial charge in [0.25, 0.3) is 5.91 Å². The molecule has 9 heteroatoms. The number of hydrogen-bond acceptors (Lipinski definition) is 8. The van der Waals surface area contributed by atoms with E-state index in [9.17, 15) is 34.8 Å². The largest absolute Gasteiger partial charge is 0.510 e. The average molecular weight is 428 g/mol. The summed E-state index contributed by atoms with van der Waals surface area (Å²) in [6.07, 6.45) is -1.50. The molecule has 1 amide bonds. The molecule has 5 unspecified atom stereocenters. The van der Waals surface area contributed by atoms with Crippen molar-refractivity contribution in [3.8, 4) is 0 Å². The Hall–Kier alpha value is -3.01. The molecule has 0 saturated carbocycles. The number of aliphatic hydroxyl groups is 4. The number of rotatable bonds is 2. The molecule has 4 rings (SSSR count). The first-order chi connectivity index (χ1) is 14.5. The van der Waals surface area contributed by atoms with Gasteiger partial charge in [0, 0.05) is 17.1 Å². The molecule has 1 aromatic rings. The van der Waals surface area contributed by atoms with Crippen LogP contribution in [0, 0.1) is 11.8 Å². The van der Waals surface area contributed by atoms with E-state index in [1.807, 2.05) is 0 Å². The zero-order valence-electron chi connectivity index (χ0n) is 17.2. The lowest BCUT2D eigenvalue weighted by Crippen LogP contribution is -2.68. The first-order valence-corrected chi connectivity index (χ1v) is 9.88. The van der Waals surface area contributed by atoms with Crippen molar-refractivity contribution >= 4 is 17.5 Å². The van der Waals surface area contributed by atoms with Crippen LogP contribution in [0.4, 0.5) is 0 Å². The number of nitrogens with two attached hydrogens (primary N) is 1. The van der Waals surface area contributed by atoms with Crippen molar-refractivity contribution < 1.29 is 34.8 Å². The highest BCUT2D eigenvalue weighted by atomic mass is 16.4. The molecule has 0 fully saturated rings. The summed E-state index contributed by atoms with van der Waals surface area (Å²) in [5.74, 6) is -7.68. The van der Waals surface area contributed by atoms with Crippen molar-refractivity contribution in [3.63, 3.8) is 0 Å². The summed E-state index contributed by atoms with van der Waals surface area (Å²) in [7, 11) is 3.03. The highest BCUT2D eigenvalue weighted by molar-refractivity contribution is 6.24. The molecular formula is C22H24N2O7. The molecule has 164 valence electrons. The number of Topliss-reactive ketones (excluding diaryl/α,β-unsaturated/α-hetero) is 2. The molecule has 0 spiro atoms. The Morgan fingerprint density at radius 3 is 2.35 bits per heavy atom. The van der Waals surface area contributed by atoms with Gasteiger partial charge in [-0.05, 0) is 25.6 Å². The van der Waals surface area contributed by atoms with Gasteiger partial charge in [0.2, 0.25) is 5.78 Å². The number of nitrogens with zero attached hydrogens (tertiary/aromatic N) is 1. The van der Waals surface area contributed by atoms with Crippen LogP contribution in [0.2, 0.25) is 0 Å². The molecule has 6 N–H and O–H groups in total. The van der Waals surface area contributed by atoms with Gasteiger partial charge >= 0.3 is 0 Å². The van der Waals surface area contributed by atoms with Gasteiger partial charge in [-0.2, -0.15) is 0 Å². The fourth-order valence-corrected chi connectivity index (χ4v) is 5.51. The second kappa shape index (κ2) is 6.74. The maximum Gasteiger partial charge on any atom is 0.255 e. The molecule has 0 bridgehead atoms. The molecule has 31 heavy (non-hydrogen) atoms. The first-order valence-electron chi connectivity index (χ1n) is 9.88. The van der Waals surface area contributed by atoms with Crippen molar-refractivity contribution in [3.05, 3.63) is 58.1 Å². The van der Waals surface area contributed by atoms with Crippen molar-refractivity contribution in [1.82, 2.24) is 4.90 Å². The lowest BCUT2D eigenvalue weighted by atomic mass is 9.55. The Morgan fingerprint density at radius 2 is 1.77 bits per heavy atom. The molecule has 3 aliphatic carbocycles. The topological polar surface area (TPSA) is 161 Å². The minimum atomic E-state index is -2.81. The monoisotopic (exact) mass is 428 g/mol. The van der Waals surface area contributed by atoms with Gasteiger partial charge in [-0.1, -0.05) is 31.2 Å². The predicted molar refractivity (Wildman–Crippen MR) is 108 cm³/mol. The molecule has 1 aromatic carbocycles. The fourth-order valence-electron chi connectivity index (χ4n) is 5.51. The number of fused-ring (bicyclic) bond motifs is 3. The Kier molecular flexibility index (Phi) is 4.62. The van der Waals surface area contributed by atoms with Crippen molar-refractivity contribution in [1.29, 1.82) is 0 Å². The van der Waals surface area contributed by atoms with Crippen LogP contribution in [0.3, 0.4) is 0 Å². The summed E-state index contributed by atoms with van der Waals surface area (Å²) in [4.78, 5) is 39.8. The van der Waals surface area contributed by atoms with Crippen LogP contribution in [-0.4, -0.2) is 74.6 Å². The van der Waals surface area contributed by atoms with Crippen LogP contribution in [0.15, 0.2) is 46.9 Å². The van der Waals surface area contributed by atoms with E-state index in [1.54, 1.807) is 31.2 Å². The first kappa shape index (κ1) is 21.2. The number of carbonyl (C=O) groups excluding carboxylic acids is 3. The lowest BCUT2D eigenvalue weighted by Gasteiger charge is -2.53. The SMILES string of the molecule is CC1c2ccccc2C(=O)C2=C(O)[C@]3(O)C(=O)C(C(N)=O)=C(O)C(N(C)C)C3C(O)C21. The third-order valence-corrected chi connectivity index (χ3v) is 6.90. The summed E-state index contributed by atoms with van der Waals surface area (Å²) in [6.45, 7) is 1.77. The normalized spacial score (nSPS) is 35.1. The highest BCUT2D eigenvalue weighted by Crippen LogP contribution is 2.54. The maximum atomic E-state index is 13.3. The smallest absolute Gasteiger partial charge is 0.255 e. The van der Waals surface area contributed by atoms with Gasteiger partial charge in [-0.3, -0.25) is 19.3 Å². The van der Waals surface area contributed by atoms with E-state index in [2.05, 4.69) is 0 Å². The number of amides is 1. The summed E-state index contributed by atoms with van der Waals surface area (Å²) >= 11 is 0. The molecule has 9 nitrogen and oxygen atoms in total. The highest BCUT2D eigenvalue weighted by Gasteiger charge is 2.67. The van der Waals surface area contributed by atoms with E-state index in [-0.39, 0.29) is 5.57 Å². The van der Waals surface area contributed by atoms with Gasteiger partial charge in [0.05, 0.1) is 18.1 Å². The van der Waals surface area contributed by atoms with Gasteiger partial charge in [0.1, 0.15) is 17.1 Å². The summed E-state index contributed by atoms with van der Waals surface area (Å²) in [6, 6.07) is 5.50. The Morgan fingerprint density at radius 1 is 1.16 bits per heavy atom. The average Bonchev–Trinajstić information content (AvgIpc) is 2.70. The van der Waals surface area contributed by atoms with Gasteiger partial charge in [-0.25, -0.2) is 0 Å². The third kappa shape index (κ3) is 2.51. The third-order valence-electron chi connectivity index (χ3n) is 6.90. The molecule has 0 radical (unpaired) electrons. The van der Waals surface area contributed by atoms with E-state index in [4.69, 9.17) is 5.73 Å². The van der Waals surface area contributed by atoms with Gasteiger partial charge in [0.15, 0.2) is 11.4 Å². The van der Waals surface area contributed by atoms with Gasteiger partial charge < -0.3 is 26.2 Å². The molecule has 0 aliphatic heterocycles. The number of hydrogen-bond donors (Lipinski definition) is 5. The second-order valence-electron chi connectivity index (χ2n) is 8.64. The standard InChI is InChI=1S/C22H24N2O7/c1-8-9-6-4-5-7-10(9)16(25)12-11(8)17(26)14-15(24(2)3)18(27)13(21(23)30)20(29)22(14,31)19(12)28/h4-8,11,14-15,17,26-28,31H,1-3H3,(H2,23,30)/t8?,11?,14?,15?,17?,22-/m0/s1. The van der Waals surface area contributed by atoms with E-state index >= 15 is 0 Å². The minimum absolute atomic E-state index is 0.270. The van der Waals surface area contributed by atoms with Crippen molar-refractivity contribution in [2.75, 3.05) is 14.1 Å². The Bertz CT molecular complexity index is 1090. The molecule has 3 aliphatic rings. The summed E-state index contributed by atoms with van der Waals surface area (Å²) in [5.41, 5.74) is 2.30. The number of likely N-dealkylation sites (N-methyl/N-ethyl adjacent to an activating group) is 1. The molecule has 0 aromatic heterocycles. The van der Waals surface area contributed by atoms with Crippen molar-refractivity contribution in [2.45, 2.75) is 30.6 Å². The van der Waals surface area contributed by atoms with E-state index in [0.29, 0.717) is 11.1 Å². The number of carbonyl (C=O) groups is 3. The number of benzene rings is 1. The van der Waals surface area contributed by atoms with Crippen LogP contribution in [0.1, 0.15) is 28.8 Å². The maximum absolute atomic E-state index is 13.3. The summed E-state index contributed by atoms with van der Waals surface area (Å²) < 4.78 is 0. The van der Waals surface area contributed by atoms with Crippen LogP contribution >= 0.6 is 0 Å². The van der Waals surface area contributed by atoms with Gasteiger partial charge in [-0.15, -0.1) is 0 Å². The lowest BCUT2D eigenvalue weighted by molar-refractivity contribution is -0.162. The molecular weight excluding hydrogens is 404 g/mol. The number of primary amides is 1. The van der Waals surface area contributed by atoms with Crippen LogP contribution in [0.5, 0.6) is 0 Å². The zero-order valence-corrected chi connectivity index (χ0v) is 17.2. The fraction of sp³-hybridized carbons (Fsp3) is 0.409. The van der Waals surface area contributed by atoms with Crippen LogP contribution < -0.4 is 5.73 Å². The minimum Gasteiger partial charge on any atom is -0.510 e. The second-order valence-corrected chi connectivity index (χ2v) is 8.64. The Labute approximate surface area is 178 Å². The van der Waals surface area contributed by atoms with Crippen LogP contribution in [-0.2, 0) is 9.59 Å². The van der Waals surface area contributed by atoms with Crippen LogP contribution in [0.25, 0.3) is 0 Å². The quantitative estimate of drug-likeness (QED) is 0.410. The Balaban J connectivity index is 2.05. The molecule has 0 heterocycles. The number of aliphatic hydroxyl groups excluding tert-OH is 3. The van der Waals surface area contributed by atoms with Crippen molar-refractivity contribution in [2.24, 2.45) is 17.6 Å². The molecule has 6 atom stereocenters. The predicted octanol–water partition coefficient (Wildman–Crippen LogP) is -0.0532. The van der Waals surface area contributed by atoms with E-state index in [1.165, 1.54) is 19.0 Å². The van der Waals surface area contributed by atoms with E-state index in [0.717, 1.165) is 0 Å².